The molecule has 3 aromatic rings. The van der Waals surface area contributed by atoms with Crippen LogP contribution in [0.5, 0.6) is 0 Å². The van der Waals surface area contributed by atoms with E-state index in [0.717, 1.165) is 35.1 Å². The number of carbonyl (C=O) groups is 1. The van der Waals surface area contributed by atoms with E-state index in [1.54, 1.807) is 28.1 Å². The number of hydrogen-bond acceptors (Lipinski definition) is 7. The first kappa shape index (κ1) is 14.9. The largest absolute Gasteiger partial charge is 0.301 e. The van der Waals surface area contributed by atoms with Gasteiger partial charge in [-0.3, -0.25) is 10.1 Å². The Morgan fingerprint density at radius 3 is 3.09 bits per heavy atom. The second-order valence-corrected chi connectivity index (χ2v) is 8.24. The highest BCUT2D eigenvalue weighted by Crippen LogP contribution is 2.30. The Morgan fingerprint density at radius 2 is 2.26 bits per heavy atom. The van der Waals surface area contributed by atoms with Gasteiger partial charge in [0, 0.05) is 29.8 Å². The molecular weight excluding hydrogens is 348 g/mol. The van der Waals surface area contributed by atoms with E-state index in [4.69, 9.17) is 0 Å². The molecule has 0 fully saturated rings. The zero-order valence-corrected chi connectivity index (χ0v) is 14.9. The van der Waals surface area contributed by atoms with Crippen LogP contribution in [-0.2, 0) is 13.0 Å². The third kappa shape index (κ3) is 3.07. The van der Waals surface area contributed by atoms with E-state index in [0.29, 0.717) is 10.8 Å². The predicted octanol–water partition coefficient (Wildman–Crippen LogP) is 3.57. The molecule has 1 amide bonds. The summed E-state index contributed by atoms with van der Waals surface area (Å²) in [4.78, 5) is 25.9. The SMILES string of the molecule is CN1CCc2nc(NC(=O)c3csc(-c4cccs4)n3)sc2C1. The number of thiophene rings is 1. The fourth-order valence-electron chi connectivity index (χ4n) is 2.43. The van der Waals surface area contributed by atoms with Gasteiger partial charge in [0.2, 0.25) is 0 Å². The van der Waals surface area contributed by atoms with Crippen LogP contribution in [0, 0.1) is 0 Å². The molecule has 0 atom stereocenters. The first-order valence-corrected chi connectivity index (χ1v) is 9.74. The molecule has 0 saturated carbocycles. The van der Waals surface area contributed by atoms with Crippen LogP contribution in [0.15, 0.2) is 22.9 Å². The molecule has 23 heavy (non-hydrogen) atoms. The lowest BCUT2D eigenvalue weighted by atomic mass is 10.2. The highest BCUT2D eigenvalue weighted by atomic mass is 32.1. The van der Waals surface area contributed by atoms with E-state index in [2.05, 4.69) is 27.2 Å². The van der Waals surface area contributed by atoms with Crippen molar-refractivity contribution in [1.82, 2.24) is 14.9 Å². The fraction of sp³-hybridized carbons (Fsp3) is 0.267. The molecule has 0 unspecified atom stereocenters. The fourth-order valence-corrected chi connectivity index (χ4v) is 5.13. The van der Waals surface area contributed by atoms with E-state index in [1.807, 2.05) is 17.5 Å². The van der Waals surface area contributed by atoms with Crippen molar-refractivity contribution in [2.75, 3.05) is 18.9 Å². The number of likely N-dealkylation sites (N-methyl/N-ethyl adjacent to an activating group) is 1. The van der Waals surface area contributed by atoms with Gasteiger partial charge in [-0.05, 0) is 18.5 Å². The lowest BCUT2D eigenvalue weighted by Crippen LogP contribution is -2.25. The monoisotopic (exact) mass is 362 g/mol. The van der Waals surface area contributed by atoms with E-state index in [-0.39, 0.29) is 5.91 Å². The number of thiazole rings is 2. The molecule has 0 saturated heterocycles. The highest BCUT2D eigenvalue weighted by Gasteiger charge is 2.20. The van der Waals surface area contributed by atoms with E-state index < -0.39 is 0 Å². The number of carbonyl (C=O) groups excluding carboxylic acids is 1. The van der Waals surface area contributed by atoms with E-state index in [1.165, 1.54) is 16.2 Å². The minimum Gasteiger partial charge on any atom is -0.301 e. The molecule has 0 aliphatic carbocycles. The molecule has 118 valence electrons. The number of nitrogens with zero attached hydrogens (tertiary/aromatic N) is 3. The summed E-state index contributed by atoms with van der Waals surface area (Å²) in [6, 6.07) is 3.99. The zero-order chi connectivity index (χ0) is 15.8. The standard InChI is InChI=1S/C15H14N4OS3/c1-19-5-4-9-12(7-19)23-15(17-9)18-13(20)10-8-22-14(16-10)11-3-2-6-21-11/h2-3,6,8H,4-5,7H2,1H3,(H,17,18,20). The summed E-state index contributed by atoms with van der Waals surface area (Å²) in [6.45, 7) is 1.92. The first-order valence-electron chi connectivity index (χ1n) is 7.17. The topological polar surface area (TPSA) is 58.1 Å². The molecule has 3 aromatic heterocycles. The maximum atomic E-state index is 12.4. The van der Waals surface area contributed by atoms with Gasteiger partial charge in [-0.25, -0.2) is 9.97 Å². The van der Waals surface area contributed by atoms with Gasteiger partial charge in [-0.2, -0.15) is 0 Å². The number of amides is 1. The van der Waals surface area contributed by atoms with Crippen LogP contribution in [0.3, 0.4) is 0 Å². The second kappa shape index (κ2) is 6.12. The quantitative estimate of drug-likeness (QED) is 0.774. The number of fused-ring (bicyclic) bond motifs is 1. The Labute approximate surface area is 145 Å². The molecule has 4 heterocycles. The van der Waals surface area contributed by atoms with Gasteiger partial charge in [-0.15, -0.1) is 34.0 Å². The minimum absolute atomic E-state index is 0.191. The van der Waals surface area contributed by atoms with Crippen LogP contribution in [-0.4, -0.2) is 34.4 Å². The Morgan fingerprint density at radius 1 is 1.35 bits per heavy atom. The molecule has 1 aliphatic rings. The Bertz CT molecular complexity index is 837. The van der Waals surface area contributed by atoms with Crippen molar-refractivity contribution in [3.8, 4) is 9.88 Å². The average Bonchev–Trinajstić information content (AvgIpc) is 3.26. The Hall–Kier alpha value is -1.61. The summed E-state index contributed by atoms with van der Waals surface area (Å²) in [7, 11) is 2.10. The molecule has 8 heteroatoms. The van der Waals surface area contributed by atoms with Gasteiger partial charge < -0.3 is 4.90 Å². The van der Waals surface area contributed by atoms with Crippen LogP contribution in [0.2, 0.25) is 0 Å². The van der Waals surface area contributed by atoms with Crippen LogP contribution < -0.4 is 5.32 Å². The third-order valence-electron chi connectivity index (χ3n) is 3.61. The van der Waals surface area contributed by atoms with Gasteiger partial charge >= 0.3 is 0 Å². The van der Waals surface area contributed by atoms with Crippen LogP contribution in [0.1, 0.15) is 21.1 Å². The summed E-state index contributed by atoms with van der Waals surface area (Å²) >= 11 is 4.67. The zero-order valence-electron chi connectivity index (χ0n) is 12.4. The van der Waals surface area contributed by atoms with Crippen molar-refractivity contribution in [3.05, 3.63) is 39.2 Å². The number of aromatic nitrogens is 2. The maximum absolute atomic E-state index is 12.4. The summed E-state index contributed by atoms with van der Waals surface area (Å²) < 4.78 is 0. The molecule has 1 N–H and O–H groups in total. The van der Waals surface area contributed by atoms with Crippen molar-refractivity contribution in [2.24, 2.45) is 0 Å². The van der Waals surface area contributed by atoms with Crippen LogP contribution in [0.4, 0.5) is 5.13 Å². The number of rotatable bonds is 3. The van der Waals surface area contributed by atoms with E-state index >= 15 is 0 Å². The molecular formula is C15H14N4OS3. The summed E-state index contributed by atoms with van der Waals surface area (Å²) in [5, 5.41) is 8.24. The average molecular weight is 363 g/mol. The van der Waals surface area contributed by atoms with Crippen molar-refractivity contribution in [2.45, 2.75) is 13.0 Å². The lowest BCUT2D eigenvalue weighted by Gasteiger charge is -2.20. The highest BCUT2D eigenvalue weighted by molar-refractivity contribution is 7.20. The minimum atomic E-state index is -0.191. The van der Waals surface area contributed by atoms with Crippen LogP contribution >= 0.6 is 34.0 Å². The van der Waals surface area contributed by atoms with Gasteiger partial charge in [0.05, 0.1) is 10.6 Å². The summed E-state index contributed by atoms with van der Waals surface area (Å²) in [5.74, 6) is -0.191. The molecule has 1 aliphatic heterocycles. The normalized spacial score (nSPS) is 14.7. The lowest BCUT2D eigenvalue weighted by molar-refractivity contribution is 0.102. The second-order valence-electron chi connectivity index (χ2n) is 5.35. The van der Waals surface area contributed by atoms with Gasteiger partial charge in [0.15, 0.2) is 5.13 Å². The number of hydrogen-bond donors (Lipinski definition) is 1. The summed E-state index contributed by atoms with van der Waals surface area (Å²) in [5.41, 5.74) is 1.56. The van der Waals surface area contributed by atoms with Gasteiger partial charge in [0.1, 0.15) is 10.7 Å². The first-order chi connectivity index (χ1) is 11.2. The van der Waals surface area contributed by atoms with Crippen molar-refractivity contribution < 1.29 is 4.79 Å². The van der Waals surface area contributed by atoms with Gasteiger partial charge in [-0.1, -0.05) is 6.07 Å². The van der Waals surface area contributed by atoms with Crippen molar-refractivity contribution >= 4 is 45.0 Å². The maximum Gasteiger partial charge on any atom is 0.276 e. The molecule has 0 bridgehead atoms. The van der Waals surface area contributed by atoms with Crippen molar-refractivity contribution in [3.63, 3.8) is 0 Å². The molecule has 0 spiro atoms. The smallest absolute Gasteiger partial charge is 0.276 e. The Balaban J connectivity index is 1.50. The third-order valence-corrected chi connectivity index (χ3v) is 6.49. The number of anilines is 1. The predicted molar refractivity (Wildman–Crippen MR) is 95.5 cm³/mol. The molecule has 4 rings (SSSR count). The van der Waals surface area contributed by atoms with E-state index in [9.17, 15) is 4.79 Å². The number of nitrogens with one attached hydrogen (secondary N) is 1. The molecule has 0 radical (unpaired) electrons. The van der Waals surface area contributed by atoms with Crippen LogP contribution in [0.25, 0.3) is 9.88 Å². The molecule has 0 aromatic carbocycles. The Kier molecular flexibility index (Phi) is 3.98. The van der Waals surface area contributed by atoms with Crippen molar-refractivity contribution in [1.29, 1.82) is 0 Å². The summed E-state index contributed by atoms with van der Waals surface area (Å²) in [6.07, 6.45) is 0.942. The molecule has 5 nitrogen and oxygen atoms in total. The van der Waals surface area contributed by atoms with Gasteiger partial charge in [0.25, 0.3) is 5.91 Å².